The molecule has 0 spiro atoms. The Bertz CT molecular complexity index is 628. The molecule has 2 aromatic carbocycles. The third-order valence-corrected chi connectivity index (χ3v) is 3.27. The van der Waals surface area contributed by atoms with Crippen molar-refractivity contribution in [3.05, 3.63) is 65.2 Å². The minimum atomic E-state index is -0.520. The zero-order valence-electron chi connectivity index (χ0n) is 12.7. The number of carbonyl (C=O) groups excluding carboxylic acids is 2. The minimum Gasteiger partial charge on any atom is -0.487 e. The lowest BCUT2D eigenvalue weighted by Gasteiger charge is -2.14. The summed E-state index contributed by atoms with van der Waals surface area (Å²) in [5.74, 6) is -0.312. The lowest BCUT2D eigenvalue weighted by atomic mass is 10.0. The highest BCUT2D eigenvalue weighted by Gasteiger charge is 2.20. The van der Waals surface area contributed by atoms with Gasteiger partial charge in [0.1, 0.15) is 17.9 Å². The molecule has 0 radical (unpaired) electrons. The van der Waals surface area contributed by atoms with Crippen molar-refractivity contribution in [1.82, 2.24) is 0 Å². The van der Waals surface area contributed by atoms with Crippen molar-refractivity contribution in [3.63, 3.8) is 0 Å². The Morgan fingerprint density at radius 2 is 1.64 bits per heavy atom. The predicted molar refractivity (Wildman–Crippen MR) is 83.2 cm³/mol. The van der Waals surface area contributed by atoms with Crippen molar-refractivity contribution in [2.45, 2.75) is 20.0 Å². The fourth-order valence-corrected chi connectivity index (χ4v) is 2.10. The second-order valence-electron chi connectivity index (χ2n) is 4.72. The van der Waals surface area contributed by atoms with Crippen LogP contribution in [0, 0.1) is 0 Å². The molecule has 2 aromatic rings. The first-order valence-electron chi connectivity index (χ1n) is 7.08. The van der Waals surface area contributed by atoms with E-state index >= 15 is 0 Å². The van der Waals surface area contributed by atoms with Gasteiger partial charge in [0.05, 0.1) is 12.7 Å². The molecule has 0 unspecified atom stereocenters. The van der Waals surface area contributed by atoms with Crippen LogP contribution in [0.3, 0.4) is 0 Å². The highest BCUT2D eigenvalue weighted by Crippen LogP contribution is 2.27. The van der Waals surface area contributed by atoms with Crippen molar-refractivity contribution < 1.29 is 19.1 Å². The normalized spacial score (nSPS) is 10.1. The number of ether oxygens (including phenoxy) is 2. The first-order valence-corrected chi connectivity index (χ1v) is 7.08. The van der Waals surface area contributed by atoms with Gasteiger partial charge in [-0.3, -0.25) is 4.79 Å². The molecule has 0 saturated heterocycles. The van der Waals surface area contributed by atoms with Crippen LogP contribution in [0.1, 0.15) is 39.6 Å². The van der Waals surface area contributed by atoms with Crippen molar-refractivity contribution in [2.24, 2.45) is 0 Å². The van der Waals surface area contributed by atoms with E-state index in [1.807, 2.05) is 30.3 Å². The molecule has 0 aliphatic heterocycles. The van der Waals surface area contributed by atoms with Gasteiger partial charge in [-0.2, -0.15) is 0 Å². The van der Waals surface area contributed by atoms with Crippen LogP contribution in [0.15, 0.2) is 48.5 Å². The van der Waals surface area contributed by atoms with Gasteiger partial charge < -0.3 is 9.47 Å². The van der Waals surface area contributed by atoms with E-state index in [-0.39, 0.29) is 23.7 Å². The van der Waals surface area contributed by atoms with E-state index in [0.29, 0.717) is 12.0 Å². The Labute approximate surface area is 129 Å². The summed E-state index contributed by atoms with van der Waals surface area (Å²) in [5, 5.41) is 0. The Balaban J connectivity index is 2.36. The number of carbonyl (C=O) groups is 2. The number of methoxy groups -OCH3 is 1. The molecule has 22 heavy (non-hydrogen) atoms. The van der Waals surface area contributed by atoms with Crippen molar-refractivity contribution in [3.8, 4) is 5.75 Å². The van der Waals surface area contributed by atoms with Crippen LogP contribution in [0.2, 0.25) is 0 Å². The summed E-state index contributed by atoms with van der Waals surface area (Å²) >= 11 is 0. The lowest BCUT2D eigenvalue weighted by molar-refractivity contribution is 0.0595. The maximum absolute atomic E-state index is 12.1. The number of esters is 1. The Hall–Kier alpha value is -2.62. The van der Waals surface area contributed by atoms with Crippen LogP contribution in [0.5, 0.6) is 5.75 Å². The lowest BCUT2D eigenvalue weighted by Crippen LogP contribution is -2.10. The van der Waals surface area contributed by atoms with E-state index in [2.05, 4.69) is 0 Å². The first-order chi connectivity index (χ1) is 10.7. The van der Waals surface area contributed by atoms with Crippen molar-refractivity contribution in [1.29, 1.82) is 0 Å². The van der Waals surface area contributed by atoms with E-state index in [9.17, 15) is 9.59 Å². The summed E-state index contributed by atoms with van der Waals surface area (Å²) in [7, 11) is 1.30. The van der Waals surface area contributed by atoms with Crippen molar-refractivity contribution >= 4 is 11.8 Å². The van der Waals surface area contributed by atoms with Gasteiger partial charge in [-0.15, -0.1) is 0 Å². The monoisotopic (exact) mass is 298 g/mol. The molecular formula is C18H18O4. The fourth-order valence-electron chi connectivity index (χ4n) is 2.10. The molecule has 114 valence electrons. The summed E-state index contributed by atoms with van der Waals surface area (Å²) in [4.78, 5) is 24.0. The third kappa shape index (κ3) is 3.52. The average molecular weight is 298 g/mol. The van der Waals surface area contributed by atoms with E-state index in [1.54, 1.807) is 25.1 Å². The zero-order valence-corrected chi connectivity index (χ0v) is 12.7. The second-order valence-corrected chi connectivity index (χ2v) is 4.72. The van der Waals surface area contributed by atoms with E-state index < -0.39 is 5.97 Å². The summed E-state index contributed by atoms with van der Waals surface area (Å²) in [6.45, 7) is 2.05. The van der Waals surface area contributed by atoms with Gasteiger partial charge in [0.25, 0.3) is 0 Å². The maximum atomic E-state index is 12.1. The Morgan fingerprint density at radius 3 is 2.27 bits per heavy atom. The van der Waals surface area contributed by atoms with Crippen LogP contribution in [0.4, 0.5) is 0 Å². The molecule has 4 nitrogen and oxygen atoms in total. The smallest absolute Gasteiger partial charge is 0.341 e. The van der Waals surface area contributed by atoms with Gasteiger partial charge in [-0.05, 0) is 17.7 Å². The molecule has 0 amide bonds. The molecule has 0 aromatic heterocycles. The van der Waals surface area contributed by atoms with Gasteiger partial charge >= 0.3 is 5.97 Å². The second kappa shape index (κ2) is 7.41. The SMILES string of the molecule is CCC(=O)c1cccc(C(=O)OC)c1OCc1ccccc1. The fraction of sp³-hybridized carbons (Fsp3) is 0.222. The van der Waals surface area contributed by atoms with Crippen LogP contribution in [-0.2, 0) is 11.3 Å². The quantitative estimate of drug-likeness (QED) is 0.603. The van der Waals surface area contributed by atoms with Crippen LogP contribution in [-0.4, -0.2) is 18.9 Å². The molecule has 0 saturated carbocycles. The summed E-state index contributed by atoms with van der Waals surface area (Å²) in [6.07, 6.45) is 0.340. The Kier molecular flexibility index (Phi) is 5.31. The van der Waals surface area contributed by atoms with Crippen LogP contribution >= 0.6 is 0 Å². The van der Waals surface area contributed by atoms with Crippen LogP contribution in [0.25, 0.3) is 0 Å². The number of benzene rings is 2. The van der Waals surface area contributed by atoms with E-state index in [0.717, 1.165) is 5.56 Å². The van der Waals surface area contributed by atoms with Gasteiger partial charge in [-0.25, -0.2) is 4.79 Å². The zero-order chi connectivity index (χ0) is 15.9. The molecule has 0 aliphatic rings. The number of ketones is 1. The summed E-state index contributed by atoms with van der Waals surface area (Å²) in [5.41, 5.74) is 1.62. The molecule has 4 heteroatoms. The highest BCUT2D eigenvalue weighted by atomic mass is 16.5. The summed E-state index contributed by atoms with van der Waals surface area (Å²) < 4.78 is 10.5. The molecule has 0 fully saturated rings. The van der Waals surface area contributed by atoms with Crippen molar-refractivity contribution in [2.75, 3.05) is 7.11 Å². The predicted octanol–water partition coefficient (Wildman–Crippen LogP) is 3.64. The highest BCUT2D eigenvalue weighted by molar-refractivity contribution is 6.03. The van der Waals surface area contributed by atoms with E-state index in [1.165, 1.54) is 7.11 Å². The Morgan fingerprint density at radius 1 is 0.955 bits per heavy atom. The minimum absolute atomic E-state index is 0.0752. The number of rotatable bonds is 6. The van der Waals surface area contributed by atoms with E-state index in [4.69, 9.17) is 9.47 Å². The topological polar surface area (TPSA) is 52.6 Å². The molecule has 0 N–H and O–H groups in total. The maximum Gasteiger partial charge on any atom is 0.341 e. The number of hydrogen-bond acceptors (Lipinski definition) is 4. The number of para-hydroxylation sites is 1. The molecule has 0 bridgehead atoms. The molecular weight excluding hydrogens is 280 g/mol. The van der Waals surface area contributed by atoms with Gasteiger partial charge in [0.15, 0.2) is 5.78 Å². The van der Waals surface area contributed by atoms with Gasteiger partial charge in [-0.1, -0.05) is 43.3 Å². The summed E-state index contributed by atoms with van der Waals surface area (Å²) in [6, 6.07) is 14.5. The largest absolute Gasteiger partial charge is 0.487 e. The molecule has 0 heterocycles. The van der Waals surface area contributed by atoms with Crippen LogP contribution < -0.4 is 4.74 Å². The molecule has 0 aliphatic carbocycles. The number of Topliss-reactive ketones (excluding diaryl/α,β-unsaturated/α-hetero) is 1. The van der Waals surface area contributed by atoms with Gasteiger partial charge in [0.2, 0.25) is 0 Å². The average Bonchev–Trinajstić information content (AvgIpc) is 2.59. The molecule has 2 rings (SSSR count). The third-order valence-electron chi connectivity index (χ3n) is 3.27. The van der Waals surface area contributed by atoms with Gasteiger partial charge in [0, 0.05) is 6.42 Å². The number of hydrogen-bond donors (Lipinski definition) is 0. The molecule has 0 atom stereocenters. The standard InChI is InChI=1S/C18H18O4/c1-3-16(19)14-10-7-11-15(18(20)21-2)17(14)22-12-13-8-5-4-6-9-13/h4-11H,3,12H2,1-2H3. The first kappa shape index (κ1) is 15.8.